The number of hydrogen-bond acceptors (Lipinski definition) is 4. The maximum Gasteiger partial charge on any atom is 0.337 e. The third-order valence-corrected chi connectivity index (χ3v) is 2.20. The second-order valence-corrected chi connectivity index (χ2v) is 3.06. The van der Waals surface area contributed by atoms with E-state index >= 15 is 0 Å². The minimum absolute atomic E-state index is 0.101. The average molecular weight is 172 g/mol. The third kappa shape index (κ3) is 1.64. The molecule has 1 rings (SSSR count). The van der Waals surface area contributed by atoms with Gasteiger partial charge in [0.15, 0.2) is 5.60 Å². The van der Waals surface area contributed by atoms with Crippen LogP contribution in [0.15, 0.2) is 0 Å². The molecule has 0 aliphatic heterocycles. The highest BCUT2D eigenvalue weighted by Gasteiger charge is 2.40. The first-order valence-electron chi connectivity index (χ1n) is 3.91. The van der Waals surface area contributed by atoms with Crippen LogP contribution in [0.1, 0.15) is 25.7 Å². The van der Waals surface area contributed by atoms with E-state index in [-0.39, 0.29) is 31.5 Å². The zero-order valence-corrected chi connectivity index (χ0v) is 7.00. The van der Waals surface area contributed by atoms with Gasteiger partial charge >= 0.3 is 5.97 Å². The van der Waals surface area contributed by atoms with Crippen molar-refractivity contribution < 1.29 is 19.4 Å². The largest absolute Gasteiger partial charge is 0.467 e. The van der Waals surface area contributed by atoms with Crippen LogP contribution in [0.4, 0.5) is 0 Å². The molecule has 0 radical (unpaired) electrons. The molecule has 1 saturated carbocycles. The fraction of sp³-hybridized carbons (Fsp3) is 0.750. The summed E-state index contributed by atoms with van der Waals surface area (Å²) in [5, 5.41) is 9.63. The molecule has 0 aromatic heterocycles. The predicted molar refractivity (Wildman–Crippen MR) is 40.4 cm³/mol. The summed E-state index contributed by atoms with van der Waals surface area (Å²) in [6, 6.07) is 0. The van der Waals surface area contributed by atoms with Crippen LogP contribution in [-0.4, -0.2) is 29.6 Å². The second kappa shape index (κ2) is 3.23. The molecule has 0 unspecified atom stereocenters. The lowest BCUT2D eigenvalue weighted by Crippen LogP contribution is -2.43. The summed E-state index contributed by atoms with van der Waals surface area (Å²) < 4.78 is 4.43. The lowest BCUT2D eigenvalue weighted by atomic mass is 9.84. The molecule has 1 N–H and O–H groups in total. The summed E-state index contributed by atoms with van der Waals surface area (Å²) in [5.41, 5.74) is -1.41. The van der Waals surface area contributed by atoms with Gasteiger partial charge in [-0.3, -0.25) is 4.79 Å². The lowest BCUT2D eigenvalue weighted by Gasteiger charge is -2.28. The zero-order valence-electron chi connectivity index (χ0n) is 7.00. The van der Waals surface area contributed by atoms with E-state index in [4.69, 9.17) is 0 Å². The highest BCUT2D eigenvalue weighted by molar-refractivity contribution is 5.85. The van der Waals surface area contributed by atoms with Gasteiger partial charge in [-0.1, -0.05) is 0 Å². The molecule has 0 heterocycles. The van der Waals surface area contributed by atoms with Crippen LogP contribution < -0.4 is 0 Å². The first-order valence-corrected chi connectivity index (χ1v) is 3.91. The molecule has 0 aromatic carbocycles. The SMILES string of the molecule is COC(=O)C1(O)CCC(=O)CC1. The maximum atomic E-state index is 11.0. The van der Waals surface area contributed by atoms with Crippen LogP contribution in [0.3, 0.4) is 0 Å². The molecule has 4 heteroatoms. The van der Waals surface area contributed by atoms with Gasteiger partial charge in [0.25, 0.3) is 0 Å². The first kappa shape index (κ1) is 9.19. The number of aliphatic hydroxyl groups is 1. The molecule has 12 heavy (non-hydrogen) atoms. The summed E-state index contributed by atoms with van der Waals surface area (Å²) in [6.45, 7) is 0. The number of Topliss-reactive ketones (excluding diaryl/α,β-unsaturated/α-hetero) is 1. The van der Waals surface area contributed by atoms with Crippen molar-refractivity contribution in [2.75, 3.05) is 7.11 Å². The molecule has 1 aliphatic carbocycles. The molecule has 68 valence electrons. The highest BCUT2D eigenvalue weighted by Crippen LogP contribution is 2.26. The van der Waals surface area contributed by atoms with E-state index in [0.717, 1.165) is 0 Å². The Balaban J connectivity index is 2.61. The molecule has 4 nitrogen and oxygen atoms in total. The summed E-state index contributed by atoms with van der Waals surface area (Å²) in [5.74, 6) is -0.529. The molecule has 0 amide bonds. The summed E-state index contributed by atoms with van der Waals surface area (Å²) in [7, 11) is 1.23. The Bertz CT molecular complexity index is 199. The molecular formula is C8H12O4. The van der Waals surface area contributed by atoms with Gasteiger partial charge in [0, 0.05) is 12.8 Å². The van der Waals surface area contributed by atoms with Crippen molar-refractivity contribution in [2.45, 2.75) is 31.3 Å². The van der Waals surface area contributed by atoms with Crippen molar-refractivity contribution in [1.29, 1.82) is 0 Å². The topological polar surface area (TPSA) is 63.6 Å². The van der Waals surface area contributed by atoms with Gasteiger partial charge in [0.2, 0.25) is 0 Å². The monoisotopic (exact) mass is 172 g/mol. The van der Waals surface area contributed by atoms with Gasteiger partial charge in [-0.15, -0.1) is 0 Å². The van der Waals surface area contributed by atoms with E-state index in [1.54, 1.807) is 0 Å². The van der Waals surface area contributed by atoms with Gasteiger partial charge < -0.3 is 9.84 Å². The number of methoxy groups -OCH3 is 1. The molecule has 0 saturated heterocycles. The minimum atomic E-state index is -1.41. The summed E-state index contributed by atoms with van der Waals surface area (Å²) in [4.78, 5) is 21.8. The zero-order chi connectivity index (χ0) is 9.19. The van der Waals surface area contributed by atoms with Crippen molar-refractivity contribution in [3.63, 3.8) is 0 Å². The number of carbonyl (C=O) groups excluding carboxylic acids is 2. The van der Waals surface area contributed by atoms with E-state index in [1.165, 1.54) is 7.11 Å². The Morgan fingerprint density at radius 2 is 2.00 bits per heavy atom. The minimum Gasteiger partial charge on any atom is -0.467 e. The van der Waals surface area contributed by atoms with E-state index < -0.39 is 11.6 Å². The van der Waals surface area contributed by atoms with Crippen LogP contribution in [0, 0.1) is 0 Å². The standard InChI is InChI=1S/C8H12O4/c1-12-7(10)8(11)4-2-6(9)3-5-8/h11H,2-5H2,1H3. The van der Waals surface area contributed by atoms with Crippen molar-refractivity contribution in [1.82, 2.24) is 0 Å². The predicted octanol–water partition coefficient (Wildman–Crippen LogP) is 0.0336. The van der Waals surface area contributed by atoms with E-state index in [1.807, 2.05) is 0 Å². The second-order valence-electron chi connectivity index (χ2n) is 3.06. The number of hydrogen-bond donors (Lipinski definition) is 1. The van der Waals surface area contributed by atoms with Crippen molar-refractivity contribution in [3.05, 3.63) is 0 Å². The molecule has 0 bridgehead atoms. The van der Waals surface area contributed by atoms with E-state index in [0.29, 0.717) is 0 Å². The normalized spacial score (nSPS) is 22.0. The van der Waals surface area contributed by atoms with Gasteiger partial charge in [-0.05, 0) is 12.8 Å². The van der Waals surface area contributed by atoms with Gasteiger partial charge in [-0.25, -0.2) is 4.79 Å². The Hall–Kier alpha value is -0.900. The highest BCUT2D eigenvalue weighted by atomic mass is 16.5. The Kier molecular flexibility index (Phi) is 2.47. The van der Waals surface area contributed by atoms with Crippen LogP contribution in [-0.2, 0) is 14.3 Å². The Morgan fingerprint density at radius 1 is 1.50 bits per heavy atom. The molecule has 0 aromatic rings. The molecular weight excluding hydrogens is 160 g/mol. The van der Waals surface area contributed by atoms with Crippen LogP contribution in [0.2, 0.25) is 0 Å². The Labute approximate surface area is 70.5 Å². The van der Waals surface area contributed by atoms with Crippen LogP contribution in [0.25, 0.3) is 0 Å². The number of esters is 1. The van der Waals surface area contributed by atoms with Crippen molar-refractivity contribution in [2.24, 2.45) is 0 Å². The van der Waals surface area contributed by atoms with Gasteiger partial charge in [0.05, 0.1) is 7.11 Å². The third-order valence-electron chi connectivity index (χ3n) is 2.20. The molecule has 1 aliphatic rings. The first-order chi connectivity index (χ1) is 5.58. The molecule has 0 atom stereocenters. The van der Waals surface area contributed by atoms with Crippen molar-refractivity contribution in [3.8, 4) is 0 Å². The lowest BCUT2D eigenvalue weighted by molar-refractivity contribution is -0.166. The van der Waals surface area contributed by atoms with E-state index in [9.17, 15) is 14.7 Å². The number of carbonyl (C=O) groups is 2. The smallest absolute Gasteiger partial charge is 0.337 e. The fourth-order valence-electron chi connectivity index (χ4n) is 1.34. The van der Waals surface area contributed by atoms with Gasteiger partial charge in [0.1, 0.15) is 5.78 Å². The number of rotatable bonds is 1. The summed E-state index contributed by atoms with van der Waals surface area (Å²) >= 11 is 0. The van der Waals surface area contributed by atoms with E-state index in [2.05, 4.69) is 4.74 Å². The Morgan fingerprint density at radius 3 is 2.42 bits per heavy atom. The maximum absolute atomic E-state index is 11.0. The van der Waals surface area contributed by atoms with Crippen LogP contribution in [0.5, 0.6) is 0 Å². The van der Waals surface area contributed by atoms with Crippen LogP contribution >= 0.6 is 0 Å². The number of ether oxygens (including phenoxy) is 1. The summed E-state index contributed by atoms with van der Waals surface area (Å²) in [6.07, 6.45) is 0.925. The van der Waals surface area contributed by atoms with Gasteiger partial charge in [-0.2, -0.15) is 0 Å². The number of ketones is 1. The molecule has 0 spiro atoms. The molecule has 1 fully saturated rings. The quantitative estimate of drug-likeness (QED) is 0.567. The average Bonchev–Trinajstić information content (AvgIpc) is 2.09. The fourth-order valence-corrected chi connectivity index (χ4v) is 1.34. The van der Waals surface area contributed by atoms with Crippen molar-refractivity contribution >= 4 is 11.8 Å².